The Labute approximate surface area is 131 Å². The third-order valence-corrected chi connectivity index (χ3v) is 4.68. The lowest BCUT2D eigenvalue weighted by Crippen LogP contribution is -2.10. The first-order valence-electron chi connectivity index (χ1n) is 6.27. The lowest BCUT2D eigenvalue weighted by Gasteiger charge is -2.00. The quantitative estimate of drug-likeness (QED) is 0.570. The summed E-state index contributed by atoms with van der Waals surface area (Å²) in [7, 11) is 1.66. The maximum Gasteiger partial charge on any atom is 0.248 e. The van der Waals surface area contributed by atoms with Crippen LogP contribution in [0.4, 0.5) is 5.13 Å². The van der Waals surface area contributed by atoms with Gasteiger partial charge in [-0.25, -0.2) is 0 Å². The van der Waals surface area contributed by atoms with E-state index >= 15 is 0 Å². The molecular formula is C13H16N4O2S2. The van der Waals surface area contributed by atoms with Gasteiger partial charge in [0.15, 0.2) is 4.34 Å². The molecule has 2 aromatic rings. The zero-order valence-corrected chi connectivity index (χ0v) is 13.2. The average molecular weight is 324 g/mol. The average Bonchev–Trinajstić information content (AvgIpc) is 2.94. The number of ether oxygens (including phenoxy) is 1. The van der Waals surface area contributed by atoms with Crippen LogP contribution in [0.2, 0.25) is 0 Å². The van der Waals surface area contributed by atoms with Gasteiger partial charge in [-0.2, -0.15) is 0 Å². The summed E-state index contributed by atoms with van der Waals surface area (Å²) in [5.74, 6) is 0.358. The van der Waals surface area contributed by atoms with E-state index < -0.39 is 5.91 Å². The lowest BCUT2D eigenvalue weighted by molar-refractivity contribution is 0.100. The highest BCUT2D eigenvalue weighted by Gasteiger charge is 2.05. The Morgan fingerprint density at radius 2 is 2.14 bits per heavy atom. The number of carbonyl (C=O) groups is 1. The Morgan fingerprint density at radius 1 is 1.38 bits per heavy atom. The summed E-state index contributed by atoms with van der Waals surface area (Å²) in [5, 5.41) is 12.1. The molecule has 6 nitrogen and oxygen atoms in total. The third kappa shape index (κ3) is 5.00. The van der Waals surface area contributed by atoms with Gasteiger partial charge in [0.2, 0.25) is 11.0 Å². The molecule has 0 aliphatic rings. The van der Waals surface area contributed by atoms with E-state index in [0.29, 0.717) is 18.7 Å². The van der Waals surface area contributed by atoms with Gasteiger partial charge in [0.1, 0.15) is 0 Å². The number of hydrogen-bond acceptors (Lipinski definition) is 7. The van der Waals surface area contributed by atoms with E-state index in [1.807, 2.05) is 12.1 Å². The van der Waals surface area contributed by atoms with Crippen molar-refractivity contribution in [3.63, 3.8) is 0 Å². The summed E-state index contributed by atoms with van der Waals surface area (Å²) in [4.78, 5) is 11.0. The van der Waals surface area contributed by atoms with Crippen LogP contribution in [0.15, 0.2) is 28.6 Å². The van der Waals surface area contributed by atoms with Crippen LogP contribution in [0.3, 0.4) is 0 Å². The molecule has 0 aliphatic heterocycles. The van der Waals surface area contributed by atoms with Crippen molar-refractivity contribution in [2.24, 2.45) is 5.73 Å². The molecule has 0 fully saturated rings. The van der Waals surface area contributed by atoms with Crippen LogP contribution in [-0.2, 0) is 10.5 Å². The summed E-state index contributed by atoms with van der Waals surface area (Å²) < 4.78 is 5.86. The fraction of sp³-hybridized carbons (Fsp3) is 0.308. The molecule has 0 bridgehead atoms. The van der Waals surface area contributed by atoms with E-state index in [2.05, 4.69) is 15.5 Å². The van der Waals surface area contributed by atoms with Crippen molar-refractivity contribution in [3.05, 3.63) is 35.4 Å². The summed E-state index contributed by atoms with van der Waals surface area (Å²) in [6.45, 7) is 1.35. The Balaban J connectivity index is 1.83. The van der Waals surface area contributed by atoms with E-state index in [1.165, 1.54) is 11.3 Å². The normalized spacial score (nSPS) is 10.5. The molecule has 8 heteroatoms. The fourth-order valence-electron chi connectivity index (χ4n) is 1.51. The second kappa shape index (κ2) is 7.96. The number of nitrogens with one attached hydrogen (secondary N) is 1. The SMILES string of the molecule is COCCNc1nnc(SCc2ccc(C(N)=O)cc2)s1. The highest BCUT2D eigenvalue weighted by atomic mass is 32.2. The number of nitrogens with two attached hydrogens (primary N) is 1. The predicted molar refractivity (Wildman–Crippen MR) is 84.8 cm³/mol. The van der Waals surface area contributed by atoms with Crippen molar-refractivity contribution in [3.8, 4) is 0 Å². The predicted octanol–water partition coefficient (Wildman–Crippen LogP) is 1.99. The minimum atomic E-state index is -0.412. The van der Waals surface area contributed by atoms with Crippen LogP contribution < -0.4 is 11.1 Å². The summed E-state index contributed by atoms with van der Waals surface area (Å²) in [6.07, 6.45) is 0. The molecule has 0 aliphatic carbocycles. The standard InChI is InChI=1S/C13H16N4O2S2/c1-19-7-6-15-12-16-17-13(21-12)20-8-9-2-4-10(5-3-9)11(14)18/h2-5H,6-8H2,1H3,(H2,14,18)(H,15,16). The van der Waals surface area contributed by atoms with Crippen LogP contribution in [-0.4, -0.2) is 36.4 Å². The smallest absolute Gasteiger partial charge is 0.248 e. The maximum absolute atomic E-state index is 11.0. The molecule has 1 aromatic heterocycles. The fourth-order valence-corrected chi connectivity index (χ4v) is 3.24. The first kappa shape index (κ1) is 15.7. The minimum Gasteiger partial charge on any atom is -0.383 e. The number of anilines is 1. The number of benzene rings is 1. The van der Waals surface area contributed by atoms with Gasteiger partial charge < -0.3 is 15.8 Å². The maximum atomic E-state index is 11.0. The summed E-state index contributed by atoms with van der Waals surface area (Å²) in [5.41, 5.74) is 6.83. The van der Waals surface area contributed by atoms with Crippen LogP contribution >= 0.6 is 23.1 Å². The molecule has 0 atom stereocenters. The third-order valence-electron chi connectivity index (χ3n) is 2.59. The number of rotatable bonds is 8. The van der Waals surface area contributed by atoms with Gasteiger partial charge in [0, 0.05) is 25.0 Å². The molecule has 1 aromatic carbocycles. The molecule has 0 radical (unpaired) electrons. The molecular weight excluding hydrogens is 308 g/mol. The number of thioether (sulfide) groups is 1. The van der Waals surface area contributed by atoms with Crippen molar-refractivity contribution in [1.29, 1.82) is 0 Å². The van der Waals surface area contributed by atoms with Crippen molar-refractivity contribution in [2.75, 3.05) is 25.6 Å². The molecule has 112 valence electrons. The Hall–Kier alpha value is -1.64. The van der Waals surface area contributed by atoms with E-state index in [4.69, 9.17) is 10.5 Å². The van der Waals surface area contributed by atoms with Gasteiger partial charge in [-0.15, -0.1) is 10.2 Å². The zero-order chi connectivity index (χ0) is 15.1. The van der Waals surface area contributed by atoms with Gasteiger partial charge in [0.05, 0.1) is 6.61 Å². The zero-order valence-electron chi connectivity index (χ0n) is 11.5. The number of methoxy groups -OCH3 is 1. The lowest BCUT2D eigenvalue weighted by atomic mass is 10.1. The van der Waals surface area contributed by atoms with Gasteiger partial charge in [-0.1, -0.05) is 35.2 Å². The molecule has 0 saturated heterocycles. The van der Waals surface area contributed by atoms with Gasteiger partial charge >= 0.3 is 0 Å². The van der Waals surface area contributed by atoms with Crippen LogP contribution in [0.1, 0.15) is 15.9 Å². The highest BCUT2D eigenvalue weighted by Crippen LogP contribution is 2.28. The number of hydrogen-bond donors (Lipinski definition) is 2. The first-order chi connectivity index (χ1) is 10.2. The second-order valence-electron chi connectivity index (χ2n) is 4.14. The minimum absolute atomic E-state index is 0.412. The molecule has 0 unspecified atom stereocenters. The molecule has 0 spiro atoms. The van der Waals surface area contributed by atoms with Crippen LogP contribution in [0.5, 0.6) is 0 Å². The van der Waals surface area contributed by atoms with Crippen molar-refractivity contribution < 1.29 is 9.53 Å². The summed E-state index contributed by atoms with van der Waals surface area (Å²) >= 11 is 3.12. The first-order valence-corrected chi connectivity index (χ1v) is 8.07. The van der Waals surface area contributed by atoms with Gasteiger partial charge in [-0.05, 0) is 17.7 Å². The second-order valence-corrected chi connectivity index (χ2v) is 6.34. The topological polar surface area (TPSA) is 90.1 Å². The van der Waals surface area contributed by atoms with E-state index in [0.717, 1.165) is 20.8 Å². The molecule has 0 saturated carbocycles. The number of nitrogens with zero attached hydrogens (tertiary/aromatic N) is 2. The van der Waals surface area contributed by atoms with Gasteiger partial charge in [0.25, 0.3) is 0 Å². The number of aromatic nitrogens is 2. The van der Waals surface area contributed by atoms with Crippen molar-refractivity contribution in [1.82, 2.24) is 10.2 Å². The molecule has 3 N–H and O–H groups in total. The number of amides is 1. The molecule has 2 rings (SSSR count). The van der Waals surface area contributed by atoms with E-state index in [1.54, 1.807) is 31.0 Å². The molecule has 21 heavy (non-hydrogen) atoms. The van der Waals surface area contributed by atoms with Crippen LogP contribution in [0, 0.1) is 0 Å². The number of carbonyl (C=O) groups excluding carboxylic acids is 1. The van der Waals surface area contributed by atoms with Crippen LogP contribution in [0.25, 0.3) is 0 Å². The Morgan fingerprint density at radius 3 is 2.81 bits per heavy atom. The van der Waals surface area contributed by atoms with E-state index in [-0.39, 0.29) is 0 Å². The number of primary amides is 1. The Bertz CT molecular complexity index is 586. The van der Waals surface area contributed by atoms with Gasteiger partial charge in [-0.3, -0.25) is 4.79 Å². The molecule has 1 amide bonds. The monoisotopic (exact) mass is 324 g/mol. The highest BCUT2D eigenvalue weighted by molar-refractivity contribution is 8.00. The molecule has 1 heterocycles. The Kier molecular flexibility index (Phi) is 5.97. The van der Waals surface area contributed by atoms with Crippen molar-refractivity contribution >= 4 is 34.1 Å². The van der Waals surface area contributed by atoms with E-state index in [9.17, 15) is 4.79 Å². The van der Waals surface area contributed by atoms with Crippen molar-refractivity contribution in [2.45, 2.75) is 10.1 Å². The summed E-state index contributed by atoms with van der Waals surface area (Å²) in [6, 6.07) is 7.25. The largest absolute Gasteiger partial charge is 0.383 e.